The third-order valence-electron chi connectivity index (χ3n) is 7.00. The molecule has 5 aromatic rings. The van der Waals surface area contributed by atoms with Crippen molar-refractivity contribution in [3.8, 4) is 11.5 Å². The maximum absolute atomic E-state index is 14.0. The number of amides is 1. The van der Waals surface area contributed by atoms with Gasteiger partial charge in [0.1, 0.15) is 22.0 Å². The van der Waals surface area contributed by atoms with Gasteiger partial charge in [-0.3, -0.25) is 14.5 Å². The average Bonchev–Trinajstić information content (AvgIpc) is 3.47. The second kappa shape index (κ2) is 9.77. The van der Waals surface area contributed by atoms with Crippen LogP contribution in [0.5, 0.6) is 11.5 Å². The number of ether oxygens (including phenoxy) is 2. The van der Waals surface area contributed by atoms with E-state index in [0.717, 1.165) is 22.5 Å². The lowest BCUT2D eigenvalue weighted by Crippen LogP contribution is -2.29. The molecule has 0 N–H and O–H groups in total. The summed E-state index contributed by atoms with van der Waals surface area (Å²) in [5, 5.41) is 0.647. The molecule has 0 saturated heterocycles. The Balaban J connectivity index is 1.57. The Labute approximate surface area is 233 Å². The molecule has 2 aromatic heterocycles. The van der Waals surface area contributed by atoms with Gasteiger partial charge in [0, 0.05) is 0 Å². The number of hydrogen-bond acceptors (Lipinski definition) is 8. The lowest BCUT2D eigenvalue weighted by atomic mass is 9.97. The number of carbonyl (C=O) groups excluding carboxylic acids is 2. The molecule has 0 saturated carbocycles. The van der Waals surface area contributed by atoms with Crippen molar-refractivity contribution in [3.05, 3.63) is 116 Å². The van der Waals surface area contributed by atoms with Gasteiger partial charge in [-0.25, -0.2) is 9.78 Å². The van der Waals surface area contributed by atoms with E-state index < -0.39 is 17.9 Å². The van der Waals surface area contributed by atoms with Gasteiger partial charge in [0.05, 0.1) is 29.8 Å². The first-order chi connectivity index (χ1) is 19.3. The lowest BCUT2D eigenvalue weighted by molar-refractivity contribution is 0.0605. The number of hydrogen-bond donors (Lipinski definition) is 0. The van der Waals surface area contributed by atoms with E-state index in [1.807, 2.05) is 50.2 Å². The maximum Gasteiger partial charge on any atom is 0.350 e. The zero-order chi connectivity index (χ0) is 28.1. The van der Waals surface area contributed by atoms with Crippen molar-refractivity contribution in [1.82, 2.24) is 4.98 Å². The van der Waals surface area contributed by atoms with Crippen LogP contribution in [0, 0.1) is 20.8 Å². The minimum absolute atomic E-state index is 0.0485. The second-order valence-electron chi connectivity index (χ2n) is 9.57. The summed E-state index contributed by atoms with van der Waals surface area (Å²) in [7, 11) is 1.29. The molecule has 1 unspecified atom stereocenters. The van der Waals surface area contributed by atoms with Gasteiger partial charge in [-0.1, -0.05) is 41.7 Å². The normalized spacial score (nSPS) is 14.4. The SMILES string of the molecule is COC(=O)c1sc(N2C(=O)c3oc4cc(C)c(C)cc4c(=O)c3C2c2cccc(Oc3ccccc3)c2)nc1C. The molecule has 3 heterocycles. The topological polar surface area (TPSA) is 98.9 Å². The number of fused-ring (bicyclic) bond motifs is 2. The van der Waals surface area contributed by atoms with Gasteiger partial charge in [-0.05, 0) is 73.9 Å². The highest BCUT2D eigenvalue weighted by Crippen LogP contribution is 2.44. The number of carbonyl (C=O) groups is 2. The summed E-state index contributed by atoms with van der Waals surface area (Å²) in [5.41, 5.74) is 3.19. The van der Waals surface area contributed by atoms with Crippen LogP contribution in [0.2, 0.25) is 0 Å². The first kappa shape index (κ1) is 25.5. The first-order valence-corrected chi connectivity index (χ1v) is 13.4. The Kier molecular flexibility index (Phi) is 6.23. The predicted octanol–water partition coefficient (Wildman–Crippen LogP) is 6.50. The van der Waals surface area contributed by atoms with E-state index >= 15 is 0 Å². The van der Waals surface area contributed by atoms with E-state index in [1.165, 1.54) is 12.0 Å². The molecule has 1 aliphatic heterocycles. The van der Waals surface area contributed by atoms with Crippen LogP contribution >= 0.6 is 11.3 Å². The fraction of sp³-hybridized carbons (Fsp3) is 0.161. The number of aromatic nitrogens is 1. The molecule has 0 spiro atoms. The quantitative estimate of drug-likeness (QED) is 0.229. The van der Waals surface area contributed by atoms with Gasteiger partial charge in [0.15, 0.2) is 10.6 Å². The smallest absolute Gasteiger partial charge is 0.350 e. The van der Waals surface area contributed by atoms with Crippen LogP contribution in [0.25, 0.3) is 11.0 Å². The summed E-state index contributed by atoms with van der Waals surface area (Å²) in [6, 6.07) is 19.2. The molecule has 1 amide bonds. The summed E-state index contributed by atoms with van der Waals surface area (Å²) >= 11 is 1.03. The van der Waals surface area contributed by atoms with Crippen LogP contribution in [0.4, 0.5) is 5.13 Å². The molecule has 8 nitrogen and oxygen atoms in total. The molecule has 1 atom stereocenters. The Bertz CT molecular complexity index is 1870. The summed E-state index contributed by atoms with van der Waals surface area (Å²) in [6.07, 6.45) is 0. The van der Waals surface area contributed by atoms with Gasteiger partial charge in [0.2, 0.25) is 5.76 Å². The molecule has 40 heavy (non-hydrogen) atoms. The van der Waals surface area contributed by atoms with Crippen molar-refractivity contribution < 1.29 is 23.5 Å². The van der Waals surface area contributed by atoms with Gasteiger partial charge in [-0.2, -0.15) is 0 Å². The fourth-order valence-electron chi connectivity index (χ4n) is 4.88. The van der Waals surface area contributed by atoms with Crippen LogP contribution in [-0.4, -0.2) is 24.0 Å². The Hall–Kier alpha value is -4.76. The monoisotopic (exact) mass is 552 g/mol. The van der Waals surface area contributed by atoms with Crippen molar-refractivity contribution in [2.45, 2.75) is 26.8 Å². The number of nitrogens with zero attached hydrogens (tertiary/aromatic N) is 2. The van der Waals surface area contributed by atoms with Crippen LogP contribution < -0.4 is 15.1 Å². The van der Waals surface area contributed by atoms with Gasteiger partial charge in [0.25, 0.3) is 5.91 Å². The number of anilines is 1. The van der Waals surface area contributed by atoms with Crippen LogP contribution in [0.1, 0.15) is 54.2 Å². The Morgan fingerprint density at radius 1 is 0.950 bits per heavy atom. The molecule has 0 aliphatic carbocycles. The number of rotatable bonds is 5. The summed E-state index contributed by atoms with van der Waals surface area (Å²) in [6.45, 7) is 5.52. The number of aryl methyl sites for hydroxylation is 3. The van der Waals surface area contributed by atoms with Crippen molar-refractivity contribution >= 4 is 39.3 Å². The fourth-order valence-corrected chi connectivity index (χ4v) is 5.89. The zero-order valence-corrected chi connectivity index (χ0v) is 23.0. The van der Waals surface area contributed by atoms with E-state index in [4.69, 9.17) is 13.9 Å². The number of para-hydroxylation sites is 1. The molecule has 0 fully saturated rings. The molecule has 1 aliphatic rings. The largest absolute Gasteiger partial charge is 0.465 e. The van der Waals surface area contributed by atoms with E-state index in [2.05, 4.69) is 4.98 Å². The number of thiazole rings is 1. The molecular formula is C31H24N2O6S. The maximum atomic E-state index is 14.0. The van der Waals surface area contributed by atoms with Crippen molar-refractivity contribution in [2.75, 3.05) is 12.0 Å². The highest BCUT2D eigenvalue weighted by molar-refractivity contribution is 7.17. The van der Waals surface area contributed by atoms with E-state index in [1.54, 1.807) is 37.3 Å². The lowest BCUT2D eigenvalue weighted by Gasteiger charge is -2.23. The highest BCUT2D eigenvalue weighted by Gasteiger charge is 2.45. The summed E-state index contributed by atoms with van der Waals surface area (Å²) < 4.78 is 17.1. The summed E-state index contributed by atoms with van der Waals surface area (Å²) in [4.78, 5) is 46.6. The minimum atomic E-state index is -0.861. The van der Waals surface area contributed by atoms with Crippen LogP contribution in [0.3, 0.4) is 0 Å². The van der Waals surface area contributed by atoms with Crippen molar-refractivity contribution in [3.63, 3.8) is 0 Å². The Morgan fingerprint density at radius 2 is 1.68 bits per heavy atom. The van der Waals surface area contributed by atoms with Crippen molar-refractivity contribution in [2.24, 2.45) is 0 Å². The highest BCUT2D eigenvalue weighted by atomic mass is 32.1. The summed E-state index contributed by atoms with van der Waals surface area (Å²) in [5.74, 6) is 0.0660. The predicted molar refractivity (Wildman–Crippen MR) is 152 cm³/mol. The Morgan fingerprint density at radius 3 is 2.42 bits per heavy atom. The molecule has 6 rings (SSSR count). The molecule has 200 valence electrons. The van der Waals surface area contributed by atoms with Crippen molar-refractivity contribution in [1.29, 1.82) is 0 Å². The number of methoxy groups -OCH3 is 1. The second-order valence-corrected chi connectivity index (χ2v) is 10.6. The molecule has 3 aromatic carbocycles. The first-order valence-electron chi connectivity index (χ1n) is 12.6. The molecular weight excluding hydrogens is 528 g/mol. The standard InChI is InChI=1S/C31H24N2O6S/c1-16-13-22-23(14-17(16)2)39-27-24(26(22)34)25(19-9-8-12-21(15-19)38-20-10-6-5-7-11-20)33(29(27)35)31-32-18(3)28(40-31)30(36)37-4/h5-15,25H,1-4H3. The number of esters is 1. The molecule has 0 bridgehead atoms. The van der Waals surface area contributed by atoms with E-state index in [9.17, 15) is 14.4 Å². The molecule has 0 radical (unpaired) electrons. The van der Waals surface area contributed by atoms with Gasteiger partial charge < -0.3 is 13.9 Å². The minimum Gasteiger partial charge on any atom is -0.465 e. The van der Waals surface area contributed by atoms with E-state index in [0.29, 0.717) is 33.7 Å². The molecule has 9 heteroatoms. The third-order valence-corrected chi connectivity index (χ3v) is 8.14. The van der Waals surface area contributed by atoms with Gasteiger partial charge >= 0.3 is 5.97 Å². The number of benzene rings is 3. The van der Waals surface area contributed by atoms with Crippen LogP contribution in [-0.2, 0) is 4.74 Å². The van der Waals surface area contributed by atoms with E-state index in [-0.39, 0.29) is 26.8 Å². The van der Waals surface area contributed by atoms with Gasteiger partial charge in [-0.15, -0.1) is 0 Å². The zero-order valence-electron chi connectivity index (χ0n) is 22.2. The average molecular weight is 553 g/mol. The third kappa shape index (κ3) is 4.15. The van der Waals surface area contributed by atoms with Crippen LogP contribution in [0.15, 0.2) is 75.9 Å².